The maximum Gasteiger partial charge on any atom is 0.189 e. The van der Waals surface area contributed by atoms with Crippen molar-refractivity contribution in [3.05, 3.63) is 58.4 Å². The minimum Gasteiger partial charge on any atom is -0.356 e. The first-order chi connectivity index (χ1) is 8.85. The minimum atomic E-state index is -0.518. The van der Waals surface area contributed by atoms with Gasteiger partial charge in [-0.05, 0) is 51.3 Å². The van der Waals surface area contributed by atoms with Crippen LogP contribution in [-0.4, -0.2) is 10.8 Å². The Balaban J connectivity index is 2.46. The summed E-state index contributed by atoms with van der Waals surface area (Å²) in [6.07, 6.45) is 0. The maximum absolute atomic E-state index is 12.8. The first-order valence-corrected chi connectivity index (χ1v) is 6.61. The summed E-state index contributed by atoms with van der Waals surface area (Å²) in [7, 11) is 0. The lowest BCUT2D eigenvalue weighted by atomic mass is 9.79. The minimum absolute atomic E-state index is 0.146. The summed E-state index contributed by atoms with van der Waals surface area (Å²) >= 11 is 0. The highest BCUT2D eigenvalue weighted by molar-refractivity contribution is 6.03. The Kier molecular flexibility index (Phi) is 3.36. The van der Waals surface area contributed by atoms with Crippen molar-refractivity contribution in [1.29, 1.82) is 0 Å². The number of aromatic nitrogens is 1. The van der Waals surface area contributed by atoms with E-state index < -0.39 is 5.41 Å². The van der Waals surface area contributed by atoms with Gasteiger partial charge in [0.1, 0.15) is 0 Å². The molecular weight excluding hydrogens is 234 g/mol. The second-order valence-electron chi connectivity index (χ2n) is 5.70. The van der Waals surface area contributed by atoms with E-state index >= 15 is 0 Å². The van der Waals surface area contributed by atoms with Crippen molar-refractivity contribution in [3.63, 3.8) is 0 Å². The number of hydrogen-bond donors (Lipinski definition) is 1. The van der Waals surface area contributed by atoms with E-state index in [-0.39, 0.29) is 5.78 Å². The van der Waals surface area contributed by atoms with Crippen molar-refractivity contribution < 1.29 is 4.79 Å². The summed E-state index contributed by atoms with van der Waals surface area (Å²) in [4.78, 5) is 16.1. The van der Waals surface area contributed by atoms with E-state index in [1.54, 1.807) is 0 Å². The van der Waals surface area contributed by atoms with Gasteiger partial charge in [-0.25, -0.2) is 0 Å². The molecule has 0 aliphatic rings. The fourth-order valence-electron chi connectivity index (χ4n) is 2.37. The number of nitrogens with one attached hydrogen (secondary N) is 1. The van der Waals surface area contributed by atoms with Crippen molar-refractivity contribution >= 4 is 5.78 Å². The fraction of sp³-hybridized carbons (Fsp3) is 0.353. The van der Waals surface area contributed by atoms with Crippen LogP contribution in [-0.2, 0) is 5.41 Å². The van der Waals surface area contributed by atoms with Gasteiger partial charge in [0.25, 0.3) is 0 Å². The van der Waals surface area contributed by atoms with Gasteiger partial charge >= 0.3 is 0 Å². The van der Waals surface area contributed by atoms with E-state index in [1.807, 2.05) is 65.0 Å². The lowest BCUT2D eigenvalue weighted by molar-refractivity contribution is 0.0903. The summed E-state index contributed by atoms with van der Waals surface area (Å²) in [5, 5.41) is 0. The van der Waals surface area contributed by atoms with Crippen LogP contribution >= 0.6 is 0 Å². The highest BCUT2D eigenvalue weighted by Gasteiger charge is 2.32. The summed E-state index contributed by atoms with van der Waals surface area (Å²) < 4.78 is 0. The zero-order valence-electron chi connectivity index (χ0n) is 12.3. The smallest absolute Gasteiger partial charge is 0.189 e. The lowest BCUT2D eigenvalue weighted by Crippen LogP contribution is -2.29. The molecule has 0 saturated heterocycles. The molecule has 2 rings (SSSR count). The molecule has 2 heteroatoms. The molecule has 0 radical (unpaired) electrons. The molecule has 0 aliphatic carbocycles. The van der Waals surface area contributed by atoms with Gasteiger partial charge in [0, 0.05) is 5.69 Å². The number of H-pyrrole nitrogens is 1. The molecule has 100 valence electrons. The van der Waals surface area contributed by atoms with Crippen LogP contribution in [0.1, 0.15) is 46.7 Å². The van der Waals surface area contributed by atoms with E-state index in [4.69, 9.17) is 0 Å². The van der Waals surface area contributed by atoms with Crippen LogP contribution in [0.2, 0.25) is 0 Å². The summed E-state index contributed by atoms with van der Waals surface area (Å²) in [6, 6.07) is 9.94. The Bertz CT molecular complexity index is 606. The molecule has 1 aromatic heterocycles. The van der Waals surface area contributed by atoms with Crippen molar-refractivity contribution in [2.75, 3.05) is 0 Å². The predicted molar refractivity (Wildman–Crippen MR) is 78.8 cm³/mol. The molecule has 2 nitrogen and oxygen atoms in total. The first kappa shape index (κ1) is 13.6. The Hall–Kier alpha value is -1.83. The Morgan fingerprint density at radius 2 is 1.58 bits per heavy atom. The number of carbonyl (C=O) groups is 1. The molecule has 0 atom stereocenters. The van der Waals surface area contributed by atoms with Crippen LogP contribution < -0.4 is 0 Å². The van der Waals surface area contributed by atoms with Gasteiger partial charge < -0.3 is 4.98 Å². The Labute approximate surface area is 114 Å². The predicted octanol–water partition coefficient (Wildman–Crippen LogP) is 4.10. The SMILES string of the molecule is Cc1[nH]c(C(=O)C(C)(C)c2ccccc2)c(C)c1C. The average molecular weight is 255 g/mol. The van der Waals surface area contributed by atoms with Crippen LogP contribution in [0.4, 0.5) is 0 Å². The van der Waals surface area contributed by atoms with Crippen molar-refractivity contribution in [2.24, 2.45) is 0 Å². The van der Waals surface area contributed by atoms with Crippen LogP contribution in [0.25, 0.3) is 0 Å². The molecule has 19 heavy (non-hydrogen) atoms. The van der Waals surface area contributed by atoms with Gasteiger partial charge in [0.05, 0.1) is 11.1 Å². The van der Waals surface area contributed by atoms with Gasteiger partial charge in [0.15, 0.2) is 5.78 Å². The summed E-state index contributed by atoms with van der Waals surface area (Å²) in [5.74, 6) is 0.146. The zero-order chi connectivity index (χ0) is 14.2. The van der Waals surface area contributed by atoms with Gasteiger partial charge in [0.2, 0.25) is 0 Å². The molecule has 0 saturated carbocycles. The topological polar surface area (TPSA) is 32.9 Å². The second-order valence-corrected chi connectivity index (χ2v) is 5.70. The van der Waals surface area contributed by atoms with Gasteiger partial charge in [-0.15, -0.1) is 0 Å². The van der Waals surface area contributed by atoms with Crippen LogP contribution in [0.3, 0.4) is 0 Å². The highest BCUT2D eigenvalue weighted by atomic mass is 16.1. The second kappa shape index (κ2) is 4.69. The first-order valence-electron chi connectivity index (χ1n) is 6.61. The van der Waals surface area contributed by atoms with Crippen LogP contribution in [0, 0.1) is 20.8 Å². The summed E-state index contributed by atoms with van der Waals surface area (Å²) in [5.41, 5.74) is 4.58. The lowest BCUT2D eigenvalue weighted by Gasteiger charge is -2.23. The van der Waals surface area contributed by atoms with E-state index in [9.17, 15) is 4.79 Å². The van der Waals surface area contributed by atoms with E-state index in [0.29, 0.717) is 0 Å². The van der Waals surface area contributed by atoms with Crippen molar-refractivity contribution in [1.82, 2.24) is 4.98 Å². The van der Waals surface area contributed by atoms with Crippen LogP contribution in [0.15, 0.2) is 30.3 Å². The number of carbonyl (C=O) groups excluding carboxylic acids is 1. The van der Waals surface area contributed by atoms with Crippen molar-refractivity contribution in [3.8, 4) is 0 Å². The largest absolute Gasteiger partial charge is 0.356 e. The van der Waals surface area contributed by atoms with Gasteiger partial charge in [-0.2, -0.15) is 0 Å². The van der Waals surface area contributed by atoms with E-state index in [1.165, 1.54) is 5.56 Å². The third-order valence-corrected chi connectivity index (χ3v) is 4.10. The Morgan fingerprint density at radius 1 is 1.00 bits per heavy atom. The number of aryl methyl sites for hydroxylation is 1. The Morgan fingerprint density at radius 3 is 2.05 bits per heavy atom. The molecule has 0 aliphatic heterocycles. The summed E-state index contributed by atoms with van der Waals surface area (Å²) in [6.45, 7) is 10.0. The number of aromatic amines is 1. The molecule has 0 bridgehead atoms. The molecular formula is C17H21NO. The molecule has 0 unspecified atom stereocenters. The normalized spacial score (nSPS) is 11.6. The third kappa shape index (κ3) is 2.23. The molecule has 0 spiro atoms. The monoisotopic (exact) mass is 255 g/mol. The number of benzene rings is 1. The van der Waals surface area contributed by atoms with E-state index in [0.717, 1.165) is 22.5 Å². The molecule has 1 aromatic carbocycles. The number of hydrogen-bond acceptors (Lipinski definition) is 1. The number of rotatable bonds is 3. The van der Waals surface area contributed by atoms with E-state index in [2.05, 4.69) is 4.98 Å². The average Bonchev–Trinajstić information content (AvgIpc) is 2.66. The fourth-order valence-corrected chi connectivity index (χ4v) is 2.37. The quantitative estimate of drug-likeness (QED) is 0.823. The molecule has 2 aromatic rings. The molecule has 0 fully saturated rings. The zero-order valence-corrected chi connectivity index (χ0v) is 12.3. The third-order valence-electron chi connectivity index (χ3n) is 4.10. The van der Waals surface area contributed by atoms with Gasteiger partial charge in [-0.3, -0.25) is 4.79 Å². The molecule has 1 N–H and O–H groups in total. The highest BCUT2D eigenvalue weighted by Crippen LogP contribution is 2.29. The standard InChI is InChI=1S/C17H21NO/c1-11-12(2)15(18-13(11)3)16(19)17(4,5)14-9-7-6-8-10-14/h6-10,18H,1-5H3. The number of Topliss-reactive ketones (excluding diaryl/α,β-unsaturated/α-hetero) is 1. The van der Waals surface area contributed by atoms with Gasteiger partial charge in [-0.1, -0.05) is 30.3 Å². The maximum atomic E-state index is 12.8. The molecule has 0 amide bonds. The number of ketones is 1. The molecule has 1 heterocycles. The van der Waals surface area contributed by atoms with Crippen molar-refractivity contribution in [2.45, 2.75) is 40.0 Å². The van der Waals surface area contributed by atoms with Crippen LogP contribution in [0.5, 0.6) is 0 Å².